The van der Waals surface area contributed by atoms with Gasteiger partial charge in [0, 0.05) is 63.5 Å². The van der Waals surface area contributed by atoms with Crippen LogP contribution < -0.4 is 4.74 Å². The summed E-state index contributed by atoms with van der Waals surface area (Å²) in [4.78, 5) is 9.25. The number of hydrogen-bond acceptors (Lipinski definition) is 4. The van der Waals surface area contributed by atoms with Gasteiger partial charge in [0.2, 0.25) is 0 Å². The lowest BCUT2D eigenvalue weighted by atomic mass is 9.90. The number of hydrogen-bond donors (Lipinski definition) is 0. The lowest BCUT2D eigenvalue weighted by Gasteiger charge is -2.42. The molecule has 1 spiro atoms. The van der Waals surface area contributed by atoms with Gasteiger partial charge >= 0.3 is 0 Å². The SMILES string of the molecule is CCN1CCC2(CC1)CN(Cc1ccncc1)Cc1cc(C)ccc1O2. The van der Waals surface area contributed by atoms with Gasteiger partial charge in [-0.3, -0.25) is 9.88 Å². The van der Waals surface area contributed by atoms with E-state index in [9.17, 15) is 0 Å². The fraction of sp³-hybridized carbons (Fsp3) is 0.500. The van der Waals surface area contributed by atoms with Crippen LogP contribution in [-0.2, 0) is 13.1 Å². The molecule has 0 bridgehead atoms. The van der Waals surface area contributed by atoms with Gasteiger partial charge in [0.15, 0.2) is 0 Å². The van der Waals surface area contributed by atoms with Gasteiger partial charge in [0.05, 0.1) is 0 Å². The Hall–Kier alpha value is -1.91. The first-order valence-electron chi connectivity index (χ1n) is 9.78. The zero-order valence-electron chi connectivity index (χ0n) is 15.9. The summed E-state index contributed by atoms with van der Waals surface area (Å²) in [6.45, 7) is 10.7. The van der Waals surface area contributed by atoms with Crippen LogP contribution in [-0.4, -0.2) is 46.6 Å². The molecule has 2 aliphatic heterocycles. The van der Waals surface area contributed by atoms with Crippen molar-refractivity contribution in [1.82, 2.24) is 14.8 Å². The van der Waals surface area contributed by atoms with E-state index in [-0.39, 0.29) is 5.60 Å². The molecule has 4 nitrogen and oxygen atoms in total. The zero-order chi connectivity index (χ0) is 18.0. The number of aromatic nitrogens is 1. The van der Waals surface area contributed by atoms with Crippen molar-refractivity contribution >= 4 is 0 Å². The van der Waals surface area contributed by atoms with Crippen molar-refractivity contribution in [1.29, 1.82) is 0 Å². The van der Waals surface area contributed by atoms with Crippen LogP contribution in [0.5, 0.6) is 5.75 Å². The quantitative estimate of drug-likeness (QED) is 0.844. The van der Waals surface area contributed by atoms with Gasteiger partial charge in [-0.1, -0.05) is 24.6 Å². The standard InChI is InChI=1S/C22H29N3O/c1-3-24-12-8-22(9-13-24)17-25(15-19-6-10-23-11-7-19)16-20-14-18(2)4-5-21(20)26-22/h4-7,10-11,14H,3,8-9,12-13,15-17H2,1-2H3. The van der Waals surface area contributed by atoms with Gasteiger partial charge in [-0.2, -0.15) is 0 Å². The van der Waals surface area contributed by atoms with Crippen molar-refractivity contribution in [2.45, 2.75) is 45.4 Å². The Morgan fingerprint density at radius 2 is 1.85 bits per heavy atom. The third-order valence-corrected chi connectivity index (χ3v) is 5.82. The van der Waals surface area contributed by atoms with Crippen LogP contribution in [0.25, 0.3) is 0 Å². The summed E-state index contributed by atoms with van der Waals surface area (Å²) < 4.78 is 6.72. The Bertz CT molecular complexity index is 738. The van der Waals surface area contributed by atoms with Gasteiger partial charge < -0.3 is 9.64 Å². The topological polar surface area (TPSA) is 28.6 Å². The van der Waals surface area contributed by atoms with Crippen LogP contribution in [0, 0.1) is 6.92 Å². The number of ether oxygens (including phenoxy) is 1. The molecule has 0 amide bonds. The Kier molecular flexibility index (Phi) is 4.96. The second-order valence-corrected chi connectivity index (χ2v) is 7.83. The summed E-state index contributed by atoms with van der Waals surface area (Å²) in [5.41, 5.74) is 3.86. The summed E-state index contributed by atoms with van der Waals surface area (Å²) in [5.74, 6) is 1.08. The highest BCUT2D eigenvalue weighted by Gasteiger charge is 2.40. The summed E-state index contributed by atoms with van der Waals surface area (Å²) >= 11 is 0. The summed E-state index contributed by atoms with van der Waals surface area (Å²) in [6, 6.07) is 10.9. The van der Waals surface area contributed by atoms with Crippen LogP contribution in [0.4, 0.5) is 0 Å². The average molecular weight is 351 g/mol. The molecule has 0 N–H and O–H groups in total. The van der Waals surface area contributed by atoms with Gasteiger partial charge in [0.25, 0.3) is 0 Å². The van der Waals surface area contributed by atoms with Crippen LogP contribution in [0.15, 0.2) is 42.7 Å². The van der Waals surface area contributed by atoms with E-state index in [4.69, 9.17) is 4.74 Å². The molecule has 0 unspecified atom stereocenters. The van der Waals surface area contributed by atoms with E-state index in [1.807, 2.05) is 12.4 Å². The van der Waals surface area contributed by atoms with E-state index < -0.39 is 0 Å². The molecule has 1 aromatic carbocycles. The fourth-order valence-corrected chi connectivity index (χ4v) is 4.30. The van der Waals surface area contributed by atoms with E-state index in [1.54, 1.807) is 0 Å². The first-order valence-corrected chi connectivity index (χ1v) is 9.78. The molecular weight excluding hydrogens is 322 g/mol. The van der Waals surface area contributed by atoms with Crippen LogP contribution in [0.1, 0.15) is 36.5 Å². The van der Waals surface area contributed by atoms with Crippen molar-refractivity contribution in [3.63, 3.8) is 0 Å². The maximum absolute atomic E-state index is 6.72. The number of rotatable bonds is 3. The van der Waals surface area contributed by atoms with Crippen LogP contribution in [0.3, 0.4) is 0 Å². The van der Waals surface area contributed by atoms with Gasteiger partial charge in [0.1, 0.15) is 11.4 Å². The molecule has 1 fully saturated rings. The molecule has 138 valence electrons. The summed E-state index contributed by atoms with van der Waals surface area (Å²) in [6.07, 6.45) is 5.97. The predicted octanol–water partition coefficient (Wildman–Crippen LogP) is 3.64. The van der Waals surface area contributed by atoms with E-state index in [2.05, 4.69) is 59.0 Å². The molecule has 1 saturated heterocycles. The van der Waals surface area contributed by atoms with Gasteiger partial charge in [-0.05, 0) is 37.2 Å². The molecule has 26 heavy (non-hydrogen) atoms. The molecule has 3 heterocycles. The van der Waals surface area contributed by atoms with Crippen molar-refractivity contribution in [3.05, 3.63) is 59.4 Å². The third kappa shape index (κ3) is 3.76. The number of benzene rings is 1. The normalized spacial score (nSPS) is 20.4. The van der Waals surface area contributed by atoms with Crippen LogP contribution >= 0.6 is 0 Å². The Labute approximate surface area is 156 Å². The smallest absolute Gasteiger partial charge is 0.124 e. The molecule has 0 aliphatic carbocycles. The number of piperidine rings is 1. The minimum absolute atomic E-state index is 0.0702. The van der Waals surface area contributed by atoms with E-state index in [0.29, 0.717) is 0 Å². The number of pyridine rings is 1. The first-order chi connectivity index (χ1) is 12.7. The number of fused-ring (bicyclic) bond motifs is 1. The average Bonchev–Trinajstić information content (AvgIpc) is 2.79. The molecular formula is C22H29N3O. The second kappa shape index (κ2) is 7.37. The minimum atomic E-state index is -0.0702. The van der Waals surface area contributed by atoms with Crippen molar-refractivity contribution in [3.8, 4) is 5.75 Å². The van der Waals surface area contributed by atoms with Gasteiger partial charge in [-0.15, -0.1) is 0 Å². The van der Waals surface area contributed by atoms with Crippen LogP contribution in [0.2, 0.25) is 0 Å². The highest BCUT2D eigenvalue weighted by atomic mass is 16.5. The molecule has 0 saturated carbocycles. The van der Waals surface area contributed by atoms with Crippen molar-refractivity contribution < 1.29 is 4.74 Å². The summed E-state index contributed by atoms with van der Waals surface area (Å²) in [7, 11) is 0. The largest absolute Gasteiger partial charge is 0.486 e. The highest BCUT2D eigenvalue weighted by Crippen LogP contribution is 2.36. The number of likely N-dealkylation sites (tertiary alicyclic amines) is 1. The number of nitrogens with zero attached hydrogens (tertiary/aromatic N) is 3. The lowest BCUT2D eigenvalue weighted by Crippen LogP contribution is -2.53. The fourth-order valence-electron chi connectivity index (χ4n) is 4.30. The maximum Gasteiger partial charge on any atom is 0.124 e. The van der Waals surface area contributed by atoms with Gasteiger partial charge in [-0.25, -0.2) is 0 Å². The van der Waals surface area contributed by atoms with Crippen molar-refractivity contribution in [2.75, 3.05) is 26.2 Å². The van der Waals surface area contributed by atoms with E-state index in [1.165, 1.54) is 16.7 Å². The lowest BCUT2D eigenvalue weighted by molar-refractivity contribution is -0.0186. The Morgan fingerprint density at radius 3 is 2.58 bits per heavy atom. The van der Waals surface area contributed by atoms with E-state index >= 15 is 0 Å². The maximum atomic E-state index is 6.72. The Balaban J connectivity index is 1.62. The molecule has 0 radical (unpaired) electrons. The molecule has 0 atom stereocenters. The Morgan fingerprint density at radius 1 is 1.08 bits per heavy atom. The first kappa shape index (κ1) is 17.5. The molecule has 2 aromatic rings. The van der Waals surface area contributed by atoms with Crippen molar-refractivity contribution in [2.24, 2.45) is 0 Å². The zero-order valence-corrected chi connectivity index (χ0v) is 15.9. The molecule has 4 rings (SSSR count). The number of aryl methyl sites for hydroxylation is 1. The second-order valence-electron chi connectivity index (χ2n) is 7.83. The monoisotopic (exact) mass is 351 g/mol. The minimum Gasteiger partial charge on any atom is -0.486 e. The predicted molar refractivity (Wildman–Crippen MR) is 104 cm³/mol. The summed E-state index contributed by atoms with van der Waals surface area (Å²) in [5, 5.41) is 0. The molecule has 1 aromatic heterocycles. The highest BCUT2D eigenvalue weighted by molar-refractivity contribution is 5.38. The molecule has 2 aliphatic rings. The third-order valence-electron chi connectivity index (χ3n) is 5.82. The molecule has 4 heteroatoms. The van der Waals surface area contributed by atoms with E-state index in [0.717, 1.165) is 57.9 Å².